The Morgan fingerprint density at radius 3 is 2.56 bits per heavy atom. The fraction of sp³-hybridized carbons (Fsp3) is 0.222. The molecule has 2 aromatic carbocycles. The molecule has 1 atom stereocenters. The third-order valence-electron chi connectivity index (χ3n) is 4.18. The quantitative estimate of drug-likeness (QED) is 0.772. The van der Waals surface area contributed by atoms with Crippen LogP contribution in [-0.4, -0.2) is 18.4 Å². The summed E-state index contributed by atoms with van der Waals surface area (Å²) < 4.78 is 52.6. The minimum absolute atomic E-state index is 0.0589. The van der Waals surface area contributed by atoms with Gasteiger partial charge in [-0.25, -0.2) is 4.39 Å². The van der Waals surface area contributed by atoms with E-state index < -0.39 is 40.3 Å². The Labute approximate surface area is 156 Å². The van der Waals surface area contributed by atoms with Crippen molar-refractivity contribution in [2.75, 3.05) is 16.8 Å². The highest BCUT2D eigenvalue weighted by Gasteiger charge is 2.37. The summed E-state index contributed by atoms with van der Waals surface area (Å²) in [7, 11) is 0. The van der Waals surface area contributed by atoms with E-state index >= 15 is 0 Å². The van der Waals surface area contributed by atoms with E-state index in [4.69, 9.17) is 11.6 Å². The highest BCUT2D eigenvalue weighted by atomic mass is 35.5. The first-order valence-corrected chi connectivity index (χ1v) is 8.27. The zero-order valence-electron chi connectivity index (χ0n) is 13.7. The van der Waals surface area contributed by atoms with Crippen LogP contribution in [0, 0.1) is 11.7 Å². The average Bonchev–Trinajstić information content (AvgIpc) is 2.98. The van der Waals surface area contributed by atoms with Crippen LogP contribution < -0.4 is 10.2 Å². The maximum Gasteiger partial charge on any atom is 0.417 e. The fourth-order valence-electron chi connectivity index (χ4n) is 2.85. The van der Waals surface area contributed by atoms with E-state index in [1.54, 1.807) is 6.07 Å². The van der Waals surface area contributed by atoms with E-state index in [0.717, 1.165) is 17.0 Å². The molecule has 0 spiro atoms. The molecule has 0 unspecified atom stereocenters. The number of carbonyl (C=O) groups is 2. The van der Waals surface area contributed by atoms with Gasteiger partial charge in [-0.15, -0.1) is 0 Å². The summed E-state index contributed by atoms with van der Waals surface area (Å²) >= 11 is 5.55. The molecule has 4 nitrogen and oxygen atoms in total. The lowest BCUT2D eigenvalue weighted by Gasteiger charge is -2.17. The van der Waals surface area contributed by atoms with Crippen LogP contribution in [0.1, 0.15) is 12.0 Å². The van der Waals surface area contributed by atoms with Gasteiger partial charge in [-0.05, 0) is 30.3 Å². The standard InChI is InChI=1S/C18H13ClF4N2O2/c19-13-6-5-11(8-12(13)18(21,22)23)24-17(27)10-7-16(26)25(9-10)15-4-2-1-3-14(15)20/h1-6,8,10H,7,9H2,(H,24,27)/t10-/m1/s1. The largest absolute Gasteiger partial charge is 0.417 e. The van der Waals surface area contributed by atoms with Crippen molar-refractivity contribution in [3.05, 3.63) is 58.9 Å². The van der Waals surface area contributed by atoms with Crippen LogP contribution in [0.15, 0.2) is 42.5 Å². The lowest BCUT2D eigenvalue weighted by Crippen LogP contribution is -2.28. The number of para-hydroxylation sites is 1. The van der Waals surface area contributed by atoms with Gasteiger partial charge in [0.25, 0.3) is 0 Å². The second-order valence-electron chi connectivity index (χ2n) is 6.04. The summed E-state index contributed by atoms with van der Waals surface area (Å²) in [4.78, 5) is 25.7. The highest BCUT2D eigenvalue weighted by molar-refractivity contribution is 6.31. The lowest BCUT2D eigenvalue weighted by atomic mass is 10.1. The smallest absolute Gasteiger partial charge is 0.326 e. The zero-order valence-corrected chi connectivity index (χ0v) is 14.4. The van der Waals surface area contributed by atoms with E-state index in [2.05, 4.69) is 5.32 Å². The molecule has 1 heterocycles. The Balaban J connectivity index is 1.75. The first-order valence-electron chi connectivity index (χ1n) is 7.89. The van der Waals surface area contributed by atoms with Crippen molar-refractivity contribution >= 4 is 34.8 Å². The number of nitrogens with one attached hydrogen (secondary N) is 1. The summed E-state index contributed by atoms with van der Waals surface area (Å²) in [6, 6.07) is 8.65. The van der Waals surface area contributed by atoms with Crippen molar-refractivity contribution in [2.45, 2.75) is 12.6 Å². The summed E-state index contributed by atoms with van der Waals surface area (Å²) in [5.74, 6) is -2.48. The summed E-state index contributed by atoms with van der Waals surface area (Å²) in [5.41, 5.74) is -1.10. The number of nitrogens with zero attached hydrogens (tertiary/aromatic N) is 1. The molecule has 1 aliphatic heterocycles. The fourth-order valence-corrected chi connectivity index (χ4v) is 3.08. The van der Waals surface area contributed by atoms with Gasteiger partial charge in [-0.1, -0.05) is 23.7 Å². The SMILES string of the molecule is O=C(Nc1ccc(Cl)c(C(F)(F)F)c1)[C@@H]1CC(=O)N(c2ccccc2F)C1. The van der Waals surface area contributed by atoms with Gasteiger partial charge in [-0.3, -0.25) is 9.59 Å². The normalized spacial score (nSPS) is 17.3. The molecule has 2 aromatic rings. The Morgan fingerprint density at radius 1 is 1.19 bits per heavy atom. The van der Waals surface area contributed by atoms with Crippen LogP contribution in [-0.2, 0) is 15.8 Å². The van der Waals surface area contributed by atoms with Crippen LogP contribution in [0.3, 0.4) is 0 Å². The third-order valence-corrected chi connectivity index (χ3v) is 4.51. The van der Waals surface area contributed by atoms with Crippen LogP contribution in [0.4, 0.5) is 28.9 Å². The topological polar surface area (TPSA) is 49.4 Å². The van der Waals surface area contributed by atoms with E-state index in [9.17, 15) is 27.2 Å². The number of rotatable bonds is 3. The van der Waals surface area contributed by atoms with E-state index in [-0.39, 0.29) is 24.3 Å². The molecule has 0 aliphatic carbocycles. The zero-order chi connectivity index (χ0) is 19.8. The molecular formula is C18H13ClF4N2O2. The van der Waals surface area contributed by atoms with Crippen LogP contribution in [0.5, 0.6) is 0 Å². The molecule has 1 N–H and O–H groups in total. The number of hydrogen-bond donors (Lipinski definition) is 1. The Bertz CT molecular complexity index is 901. The number of anilines is 2. The highest BCUT2D eigenvalue weighted by Crippen LogP contribution is 2.36. The van der Waals surface area contributed by atoms with Crippen molar-refractivity contribution in [2.24, 2.45) is 5.92 Å². The van der Waals surface area contributed by atoms with E-state index in [1.807, 2.05) is 0 Å². The van der Waals surface area contributed by atoms with Crippen LogP contribution in [0.25, 0.3) is 0 Å². The molecule has 2 amide bonds. The van der Waals surface area contributed by atoms with Gasteiger partial charge >= 0.3 is 6.18 Å². The molecule has 1 fully saturated rings. The van der Waals surface area contributed by atoms with Crippen molar-refractivity contribution in [1.82, 2.24) is 0 Å². The first-order chi connectivity index (χ1) is 12.7. The van der Waals surface area contributed by atoms with Gasteiger partial charge in [0, 0.05) is 18.7 Å². The van der Waals surface area contributed by atoms with Gasteiger partial charge in [0.05, 0.1) is 22.2 Å². The number of benzene rings is 2. The number of halogens is 5. The number of alkyl halides is 3. The molecule has 0 aromatic heterocycles. The Hall–Kier alpha value is -2.61. The maximum absolute atomic E-state index is 13.9. The third kappa shape index (κ3) is 4.05. The first kappa shape index (κ1) is 19.2. The van der Waals surface area contributed by atoms with Crippen molar-refractivity contribution in [3.8, 4) is 0 Å². The average molecular weight is 401 g/mol. The molecular weight excluding hydrogens is 388 g/mol. The molecule has 1 aliphatic rings. The summed E-state index contributed by atoms with van der Waals surface area (Å²) in [6.45, 7) is -0.0642. The monoisotopic (exact) mass is 400 g/mol. The van der Waals surface area contributed by atoms with Gasteiger partial charge < -0.3 is 10.2 Å². The summed E-state index contributed by atoms with van der Waals surface area (Å²) in [6.07, 6.45) is -4.83. The van der Waals surface area contributed by atoms with Gasteiger partial charge in [-0.2, -0.15) is 13.2 Å². The van der Waals surface area contributed by atoms with Gasteiger partial charge in [0.15, 0.2) is 0 Å². The molecule has 0 bridgehead atoms. The Kier molecular flexibility index (Phi) is 5.10. The number of hydrogen-bond acceptors (Lipinski definition) is 2. The van der Waals surface area contributed by atoms with Crippen LogP contribution in [0.2, 0.25) is 5.02 Å². The van der Waals surface area contributed by atoms with Crippen molar-refractivity contribution < 1.29 is 27.2 Å². The van der Waals surface area contributed by atoms with Gasteiger partial charge in [0.2, 0.25) is 11.8 Å². The van der Waals surface area contributed by atoms with Crippen molar-refractivity contribution in [1.29, 1.82) is 0 Å². The molecule has 1 saturated heterocycles. The predicted molar refractivity (Wildman–Crippen MR) is 91.9 cm³/mol. The molecule has 0 saturated carbocycles. The second-order valence-corrected chi connectivity index (χ2v) is 6.45. The van der Waals surface area contributed by atoms with E-state index in [0.29, 0.717) is 0 Å². The van der Waals surface area contributed by atoms with E-state index in [1.165, 1.54) is 24.3 Å². The van der Waals surface area contributed by atoms with Gasteiger partial charge in [0.1, 0.15) is 5.82 Å². The maximum atomic E-state index is 13.9. The minimum atomic E-state index is -4.66. The van der Waals surface area contributed by atoms with Crippen molar-refractivity contribution in [3.63, 3.8) is 0 Å². The molecule has 3 rings (SSSR count). The molecule has 142 valence electrons. The number of carbonyl (C=O) groups excluding carboxylic acids is 2. The minimum Gasteiger partial charge on any atom is -0.326 e. The molecule has 0 radical (unpaired) electrons. The second kappa shape index (κ2) is 7.19. The Morgan fingerprint density at radius 2 is 1.89 bits per heavy atom. The summed E-state index contributed by atoms with van der Waals surface area (Å²) in [5, 5.41) is 1.88. The molecule has 27 heavy (non-hydrogen) atoms. The van der Waals surface area contributed by atoms with Crippen LogP contribution >= 0.6 is 11.6 Å². The predicted octanol–water partition coefficient (Wildman–Crippen LogP) is 4.49. The lowest BCUT2D eigenvalue weighted by molar-refractivity contribution is -0.137. The number of amides is 2. The molecule has 9 heteroatoms.